The molecule has 6 heteroatoms. The highest BCUT2D eigenvalue weighted by atomic mass is 32.1. The van der Waals surface area contributed by atoms with Crippen molar-refractivity contribution in [3.8, 4) is 0 Å². The van der Waals surface area contributed by atoms with Crippen LogP contribution < -0.4 is 10.6 Å². The summed E-state index contributed by atoms with van der Waals surface area (Å²) < 4.78 is 0. The summed E-state index contributed by atoms with van der Waals surface area (Å²) >= 11 is 1.45. The Bertz CT molecular complexity index is 348. The number of carboxylic acid groups (broad SMARTS) is 1. The van der Waals surface area contributed by atoms with Crippen molar-refractivity contribution in [3.05, 3.63) is 11.1 Å². The Balaban J connectivity index is 2.12. The van der Waals surface area contributed by atoms with Crippen LogP contribution in [0.1, 0.15) is 18.2 Å². The second-order valence-corrected chi connectivity index (χ2v) is 4.05. The number of hydrogen-bond acceptors (Lipinski definition) is 5. The summed E-state index contributed by atoms with van der Waals surface area (Å²) in [6.45, 7) is 2.02. The Morgan fingerprint density at radius 1 is 1.71 bits per heavy atom. The van der Waals surface area contributed by atoms with Gasteiger partial charge in [-0.05, 0) is 6.42 Å². The van der Waals surface area contributed by atoms with E-state index < -0.39 is 12.0 Å². The number of nitrogens with zero attached hydrogens (tertiary/aromatic N) is 2. The van der Waals surface area contributed by atoms with Gasteiger partial charge >= 0.3 is 5.97 Å². The van der Waals surface area contributed by atoms with E-state index in [-0.39, 0.29) is 0 Å². The van der Waals surface area contributed by atoms with E-state index in [2.05, 4.69) is 9.88 Å². The first-order chi connectivity index (χ1) is 6.68. The topological polar surface area (TPSA) is 79.5 Å². The van der Waals surface area contributed by atoms with Gasteiger partial charge in [0.15, 0.2) is 5.13 Å². The molecule has 0 saturated carbocycles. The summed E-state index contributed by atoms with van der Waals surface area (Å²) in [6.07, 6.45) is 1.18. The van der Waals surface area contributed by atoms with Crippen LogP contribution in [0, 0.1) is 0 Å². The maximum Gasteiger partial charge on any atom is 0.326 e. The van der Waals surface area contributed by atoms with Gasteiger partial charge in [0.05, 0.1) is 5.69 Å². The summed E-state index contributed by atoms with van der Waals surface area (Å²) in [5, 5.41) is 11.3. The van der Waals surface area contributed by atoms with Gasteiger partial charge in [-0.1, -0.05) is 0 Å². The Labute approximate surface area is 85.2 Å². The number of thiazole rings is 1. The van der Waals surface area contributed by atoms with Crippen molar-refractivity contribution in [2.24, 2.45) is 5.73 Å². The maximum absolute atomic E-state index is 10.6. The van der Waals surface area contributed by atoms with Crippen LogP contribution in [0.4, 0.5) is 5.13 Å². The first-order valence-corrected chi connectivity index (χ1v) is 5.25. The molecule has 0 radical (unpaired) electrons. The number of carboxylic acids is 1. The predicted octanol–water partition coefficient (Wildman–Crippen LogP) is 0.438. The van der Waals surface area contributed by atoms with Gasteiger partial charge in [-0.2, -0.15) is 0 Å². The summed E-state index contributed by atoms with van der Waals surface area (Å²) in [5.74, 6) is -1.04. The average molecular weight is 213 g/mol. The van der Waals surface area contributed by atoms with Gasteiger partial charge in [0.1, 0.15) is 6.04 Å². The summed E-state index contributed by atoms with van der Waals surface area (Å²) in [4.78, 5) is 16.9. The monoisotopic (exact) mass is 213 g/mol. The molecule has 0 amide bonds. The molecular weight excluding hydrogens is 202 g/mol. The van der Waals surface area contributed by atoms with E-state index in [0.29, 0.717) is 5.69 Å². The zero-order chi connectivity index (χ0) is 10.1. The van der Waals surface area contributed by atoms with Crippen molar-refractivity contribution in [3.63, 3.8) is 0 Å². The lowest BCUT2D eigenvalue weighted by atomic mass is 10.2. The van der Waals surface area contributed by atoms with Crippen LogP contribution >= 0.6 is 11.3 Å². The molecule has 76 valence electrons. The minimum atomic E-state index is -1.04. The Kier molecular flexibility index (Phi) is 2.39. The van der Waals surface area contributed by atoms with Crippen molar-refractivity contribution < 1.29 is 9.90 Å². The molecule has 3 N–H and O–H groups in total. The second kappa shape index (κ2) is 3.55. The van der Waals surface area contributed by atoms with Crippen LogP contribution in [-0.4, -0.2) is 29.1 Å². The molecule has 2 heterocycles. The van der Waals surface area contributed by atoms with Crippen LogP contribution in [0.15, 0.2) is 5.38 Å². The smallest absolute Gasteiger partial charge is 0.326 e. The molecule has 5 nitrogen and oxygen atoms in total. The van der Waals surface area contributed by atoms with E-state index >= 15 is 0 Å². The van der Waals surface area contributed by atoms with Crippen LogP contribution in [0.3, 0.4) is 0 Å². The highest BCUT2D eigenvalue weighted by Crippen LogP contribution is 2.26. The summed E-state index contributed by atoms with van der Waals surface area (Å²) in [5.41, 5.74) is 5.89. The van der Waals surface area contributed by atoms with E-state index in [0.717, 1.165) is 18.2 Å². The highest BCUT2D eigenvalue weighted by Gasteiger charge is 2.22. The SMILES string of the molecule is NC(C(=O)O)c1csc(N2CCC2)n1. The third-order valence-electron chi connectivity index (χ3n) is 2.22. The van der Waals surface area contributed by atoms with Gasteiger partial charge in [-0.3, -0.25) is 4.79 Å². The van der Waals surface area contributed by atoms with E-state index in [9.17, 15) is 4.79 Å². The van der Waals surface area contributed by atoms with E-state index in [1.54, 1.807) is 5.38 Å². The minimum Gasteiger partial charge on any atom is -0.480 e. The molecule has 1 saturated heterocycles. The molecule has 1 aliphatic rings. The number of hydrogen-bond donors (Lipinski definition) is 2. The van der Waals surface area contributed by atoms with Crippen LogP contribution in [0.2, 0.25) is 0 Å². The van der Waals surface area contributed by atoms with Crippen molar-refractivity contribution in [2.75, 3.05) is 18.0 Å². The largest absolute Gasteiger partial charge is 0.480 e. The zero-order valence-electron chi connectivity index (χ0n) is 7.51. The molecule has 1 aliphatic heterocycles. The van der Waals surface area contributed by atoms with Gasteiger partial charge in [-0.15, -0.1) is 11.3 Å². The van der Waals surface area contributed by atoms with Crippen molar-refractivity contribution in [2.45, 2.75) is 12.5 Å². The normalized spacial score (nSPS) is 17.6. The Morgan fingerprint density at radius 2 is 2.43 bits per heavy atom. The Hall–Kier alpha value is -1.14. The molecule has 2 rings (SSSR count). The number of aromatic nitrogens is 1. The fraction of sp³-hybridized carbons (Fsp3) is 0.500. The van der Waals surface area contributed by atoms with Crippen molar-refractivity contribution in [1.29, 1.82) is 0 Å². The number of rotatable bonds is 3. The minimum absolute atomic E-state index is 0.449. The maximum atomic E-state index is 10.6. The van der Waals surface area contributed by atoms with Gasteiger partial charge in [0, 0.05) is 18.5 Å². The average Bonchev–Trinajstić information content (AvgIpc) is 2.48. The van der Waals surface area contributed by atoms with Crippen LogP contribution in [0.5, 0.6) is 0 Å². The molecule has 0 spiro atoms. The summed E-state index contributed by atoms with van der Waals surface area (Å²) in [7, 11) is 0. The highest BCUT2D eigenvalue weighted by molar-refractivity contribution is 7.13. The fourth-order valence-electron chi connectivity index (χ4n) is 1.20. The van der Waals surface area contributed by atoms with Crippen LogP contribution in [-0.2, 0) is 4.79 Å². The lowest BCUT2D eigenvalue weighted by Gasteiger charge is -2.30. The number of aliphatic carboxylic acids is 1. The molecule has 1 atom stereocenters. The molecule has 0 bridgehead atoms. The van der Waals surface area contributed by atoms with E-state index in [1.165, 1.54) is 17.8 Å². The van der Waals surface area contributed by atoms with Crippen LogP contribution in [0.25, 0.3) is 0 Å². The summed E-state index contributed by atoms with van der Waals surface area (Å²) in [6, 6.07) is -0.999. The predicted molar refractivity (Wildman–Crippen MR) is 53.5 cm³/mol. The molecule has 14 heavy (non-hydrogen) atoms. The third-order valence-corrected chi connectivity index (χ3v) is 3.14. The molecule has 1 unspecified atom stereocenters. The van der Waals surface area contributed by atoms with Gasteiger partial charge < -0.3 is 15.7 Å². The first-order valence-electron chi connectivity index (χ1n) is 4.37. The zero-order valence-corrected chi connectivity index (χ0v) is 8.33. The van der Waals surface area contributed by atoms with Crippen molar-refractivity contribution >= 4 is 22.4 Å². The van der Waals surface area contributed by atoms with Gasteiger partial charge in [-0.25, -0.2) is 4.98 Å². The van der Waals surface area contributed by atoms with Crippen molar-refractivity contribution in [1.82, 2.24) is 4.98 Å². The second-order valence-electron chi connectivity index (χ2n) is 3.21. The molecule has 0 aromatic carbocycles. The fourth-order valence-corrected chi connectivity index (χ4v) is 2.11. The number of nitrogens with two attached hydrogens (primary N) is 1. The lowest BCUT2D eigenvalue weighted by molar-refractivity contribution is -0.138. The molecule has 1 fully saturated rings. The molecule has 1 aromatic rings. The van der Waals surface area contributed by atoms with E-state index in [1.807, 2.05) is 0 Å². The van der Waals surface area contributed by atoms with Gasteiger partial charge in [0.2, 0.25) is 0 Å². The standard InChI is InChI=1S/C8H11N3O2S/c9-6(7(12)13)5-4-14-8(10-5)11-2-1-3-11/h4,6H,1-3,9H2,(H,12,13). The quantitative estimate of drug-likeness (QED) is 0.761. The number of anilines is 1. The Morgan fingerprint density at radius 3 is 2.93 bits per heavy atom. The van der Waals surface area contributed by atoms with E-state index in [4.69, 9.17) is 10.8 Å². The molecule has 0 aliphatic carbocycles. The van der Waals surface area contributed by atoms with Gasteiger partial charge in [0.25, 0.3) is 0 Å². The number of carbonyl (C=O) groups is 1. The first kappa shape index (κ1) is 9.42. The molecule has 1 aromatic heterocycles. The lowest BCUT2D eigenvalue weighted by Crippen LogP contribution is -2.37. The molecular formula is C8H11N3O2S. The third kappa shape index (κ3) is 1.58.